The lowest BCUT2D eigenvalue weighted by molar-refractivity contribution is 0.0691. The van der Waals surface area contributed by atoms with Crippen molar-refractivity contribution in [1.29, 1.82) is 0 Å². The Balaban J connectivity index is 1.77. The molecule has 0 saturated carbocycles. The molecule has 1 amide bonds. The van der Waals surface area contributed by atoms with Crippen molar-refractivity contribution in [2.24, 2.45) is 0 Å². The van der Waals surface area contributed by atoms with E-state index in [4.69, 9.17) is 0 Å². The van der Waals surface area contributed by atoms with Gasteiger partial charge in [-0.3, -0.25) is 4.79 Å². The Kier molecular flexibility index (Phi) is 4.95. The second kappa shape index (κ2) is 7.49. The number of aromatic carboxylic acids is 1. The molecule has 5 heteroatoms. The van der Waals surface area contributed by atoms with Crippen molar-refractivity contribution >= 4 is 11.9 Å². The lowest BCUT2D eigenvalue weighted by Crippen LogP contribution is -2.24. The van der Waals surface area contributed by atoms with Gasteiger partial charge in [0, 0.05) is 25.5 Å². The van der Waals surface area contributed by atoms with Gasteiger partial charge in [-0.05, 0) is 11.1 Å². The highest BCUT2D eigenvalue weighted by molar-refractivity contribution is 6.04. The minimum Gasteiger partial charge on any atom is -0.478 e. The number of nitrogens with zero attached hydrogens (tertiary/aromatic N) is 1. The van der Waals surface area contributed by atoms with Gasteiger partial charge in [0.05, 0.1) is 11.1 Å². The molecule has 5 nitrogen and oxygen atoms in total. The van der Waals surface area contributed by atoms with E-state index in [1.165, 1.54) is 6.20 Å². The van der Waals surface area contributed by atoms with Crippen LogP contribution in [0.2, 0.25) is 0 Å². The zero-order chi connectivity index (χ0) is 17.6. The molecule has 2 N–H and O–H groups in total. The fourth-order valence-corrected chi connectivity index (χ4v) is 2.62. The number of benzene rings is 2. The topological polar surface area (TPSA) is 71.3 Å². The van der Waals surface area contributed by atoms with Gasteiger partial charge in [-0.25, -0.2) is 4.79 Å². The van der Waals surface area contributed by atoms with E-state index in [2.05, 4.69) is 5.32 Å². The molecule has 0 aliphatic heterocycles. The summed E-state index contributed by atoms with van der Waals surface area (Å²) in [7, 11) is 0. The molecular formula is C20H18N2O3. The van der Waals surface area contributed by atoms with E-state index >= 15 is 0 Å². The van der Waals surface area contributed by atoms with Crippen LogP contribution in [0, 0.1) is 0 Å². The van der Waals surface area contributed by atoms with Crippen LogP contribution < -0.4 is 5.32 Å². The highest BCUT2D eigenvalue weighted by Crippen LogP contribution is 2.14. The fourth-order valence-electron chi connectivity index (χ4n) is 2.62. The van der Waals surface area contributed by atoms with Crippen LogP contribution in [0.25, 0.3) is 0 Å². The van der Waals surface area contributed by atoms with Gasteiger partial charge in [0.1, 0.15) is 0 Å². The van der Waals surface area contributed by atoms with E-state index in [9.17, 15) is 14.7 Å². The quantitative estimate of drug-likeness (QED) is 0.727. The summed E-state index contributed by atoms with van der Waals surface area (Å²) in [4.78, 5) is 23.9. The Morgan fingerprint density at radius 2 is 1.40 bits per heavy atom. The first-order chi connectivity index (χ1) is 12.1. The first kappa shape index (κ1) is 16.5. The summed E-state index contributed by atoms with van der Waals surface area (Å²) in [5.74, 6) is -1.51. The molecule has 0 spiro atoms. The Labute approximate surface area is 145 Å². The number of rotatable bonds is 6. The summed E-state index contributed by atoms with van der Waals surface area (Å²) in [6.45, 7) is 0.857. The normalized spacial score (nSPS) is 10.4. The zero-order valence-electron chi connectivity index (χ0n) is 13.6. The molecule has 1 aromatic heterocycles. The molecule has 0 atom stereocenters. The van der Waals surface area contributed by atoms with Crippen LogP contribution >= 0.6 is 0 Å². The Morgan fingerprint density at radius 1 is 0.840 bits per heavy atom. The van der Waals surface area contributed by atoms with Gasteiger partial charge in [-0.1, -0.05) is 60.7 Å². The monoisotopic (exact) mass is 334 g/mol. The Bertz CT molecular complexity index is 870. The summed E-state index contributed by atoms with van der Waals surface area (Å²) in [5.41, 5.74) is 2.16. The molecule has 2 aromatic carbocycles. The molecule has 0 radical (unpaired) electrons. The van der Waals surface area contributed by atoms with Gasteiger partial charge >= 0.3 is 5.97 Å². The summed E-state index contributed by atoms with van der Waals surface area (Å²) >= 11 is 0. The largest absolute Gasteiger partial charge is 0.478 e. The molecule has 126 valence electrons. The lowest BCUT2D eigenvalue weighted by atomic mass is 10.2. The van der Waals surface area contributed by atoms with Gasteiger partial charge in [0.15, 0.2) is 0 Å². The molecule has 25 heavy (non-hydrogen) atoms. The Hall–Kier alpha value is -3.34. The smallest absolute Gasteiger partial charge is 0.338 e. The minimum atomic E-state index is -1.11. The SMILES string of the molecule is O=C(O)c1cn(Cc2ccccc2)cc1C(=O)NCc1ccccc1. The van der Waals surface area contributed by atoms with E-state index in [0.717, 1.165) is 11.1 Å². The number of aromatic nitrogens is 1. The zero-order valence-corrected chi connectivity index (χ0v) is 13.6. The van der Waals surface area contributed by atoms with Crippen molar-refractivity contribution < 1.29 is 14.7 Å². The van der Waals surface area contributed by atoms with Crippen LogP contribution in [0.4, 0.5) is 0 Å². The van der Waals surface area contributed by atoms with Crippen molar-refractivity contribution in [3.63, 3.8) is 0 Å². The summed E-state index contributed by atoms with van der Waals surface area (Å²) in [6.07, 6.45) is 3.07. The number of carboxylic acid groups (broad SMARTS) is 1. The van der Waals surface area contributed by atoms with Gasteiger partial charge < -0.3 is 15.0 Å². The van der Waals surface area contributed by atoms with Crippen molar-refractivity contribution in [1.82, 2.24) is 9.88 Å². The third kappa shape index (κ3) is 4.14. The van der Waals surface area contributed by atoms with E-state index < -0.39 is 11.9 Å². The lowest BCUT2D eigenvalue weighted by Gasteiger charge is -2.05. The first-order valence-electron chi connectivity index (χ1n) is 7.92. The molecule has 3 rings (SSSR count). The maximum Gasteiger partial charge on any atom is 0.338 e. The van der Waals surface area contributed by atoms with Crippen LogP contribution in [0.1, 0.15) is 31.8 Å². The van der Waals surface area contributed by atoms with Gasteiger partial charge in [-0.2, -0.15) is 0 Å². The summed E-state index contributed by atoms with van der Waals surface area (Å²) < 4.78 is 1.72. The second-order valence-electron chi connectivity index (χ2n) is 5.72. The van der Waals surface area contributed by atoms with Crippen molar-refractivity contribution in [2.75, 3.05) is 0 Å². The van der Waals surface area contributed by atoms with Crippen LogP contribution in [-0.4, -0.2) is 21.6 Å². The average molecular weight is 334 g/mol. The van der Waals surface area contributed by atoms with Crippen LogP contribution in [0.5, 0.6) is 0 Å². The summed E-state index contributed by atoms with van der Waals surface area (Å²) in [5, 5.41) is 12.2. The van der Waals surface area contributed by atoms with Crippen LogP contribution in [0.3, 0.4) is 0 Å². The molecule has 3 aromatic rings. The third-order valence-electron chi connectivity index (χ3n) is 3.86. The van der Waals surface area contributed by atoms with Gasteiger partial charge in [-0.15, -0.1) is 0 Å². The number of carboxylic acids is 1. The molecule has 0 saturated heterocycles. The number of amides is 1. The average Bonchev–Trinajstić information content (AvgIpc) is 3.06. The Morgan fingerprint density at radius 3 is 2.00 bits per heavy atom. The van der Waals surface area contributed by atoms with Crippen LogP contribution in [-0.2, 0) is 13.1 Å². The number of hydrogen-bond acceptors (Lipinski definition) is 2. The van der Waals surface area contributed by atoms with Crippen molar-refractivity contribution in [3.05, 3.63) is 95.3 Å². The van der Waals surface area contributed by atoms with Crippen LogP contribution in [0.15, 0.2) is 73.1 Å². The van der Waals surface area contributed by atoms with Gasteiger partial charge in [0.2, 0.25) is 0 Å². The van der Waals surface area contributed by atoms with Crippen molar-refractivity contribution in [3.8, 4) is 0 Å². The van der Waals surface area contributed by atoms with E-state index in [0.29, 0.717) is 13.1 Å². The predicted molar refractivity (Wildman–Crippen MR) is 94.5 cm³/mol. The highest BCUT2D eigenvalue weighted by Gasteiger charge is 2.19. The predicted octanol–water partition coefficient (Wildman–Crippen LogP) is 3.16. The van der Waals surface area contributed by atoms with E-state index in [1.54, 1.807) is 10.8 Å². The highest BCUT2D eigenvalue weighted by atomic mass is 16.4. The molecular weight excluding hydrogens is 316 g/mol. The number of carbonyl (C=O) groups is 2. The molecule has 0 aliphatic rings. The molecule has 0 aliphatic carbocycles. The minimum absolute atomic E-state index is 0.00138. The third-order valence-corrected chi connectivity index (χ3v) is 3.86. The van der Waals surface area contributed by atoms with Gasteiger partial charge in [0.25, 0.3) is 5.91 Å². The second-order valence-corrected chi connectivity index (χ2v) is 5.72. The number of carbonyl (C=O) groups excluding carboxylic acids is 1. The van der Waals surface area contributed by atoms with E-state index in [-0.39, 0.29) is 11.1 Å². The molecule has 0 bridgehead atoms. The number of nitrogens with one attached hydrogen (secondary N) is 1. The molecule has 0 fully saturated rings. The maximum absolute atomic E-state index is 12.4. The first-order valence-corrected chi connectivity index (χ1v) is 7.92. The van der Waals surface area contributed by atoms with Crippen molar-refractivity contribution in [2.45, 2.75) is 13.1 Å². The summed E-state index contributed by atoms with van der Waals surface area (Å²) in [6, 6.07) is 19.2. The van der Waals surface area contributed by atoms with E-state index in [1.807, 2.05) is 60.7 Å². The maximum atomic E-state index is 12.4. The number of hydrogen-bond donors (Lipinski definition) is 2. The fraction of sp³-hybridized carbons (Fsp3) is 0.100. The standard InChI is InChI=1S/C20H18N2O3/c23-19(21-11-15-7-3-1-4-8-15)17-13-22(14-18(17)20(24)25)12-16-9-5-2-6-10-16/h1-10,13-14H,11-12H2,(H,21,23)(H,24,25). The molecule has 1 heterocycles. The molecule has 0 unspecified atom stereocenters.